The first-order valence-corrected chi connectivity index (χ1v) is 13.9. The summed E-state index contributed by atoms with van der Waals surface area (Å²) in [5.41, 5.74) is -4.76. The number of hydrogen-bond acceptors (Lipinski definition) is 6. The van der Waals surface area contributed by atoms with Crippen LogP contribution in [0, 0.1) is 10.8 Å². The van der Waals surface area contributed by atoms with Gasteiger partial charge in [-0.25, -0.2) is 0 Å². The number of piperazine rings is 1. The van der Waals surface area contributed by atoms with E-state index in [9.17, 15) is 19.8 Å². The molecule has 0 aromatic heterocycles. The zero-order valence-electron chi connectivity index (χ0n) is 23.4. The minimum atomic E-state index is -1.56. The van der Waals surface area contributed by atoms with Crippen LogP contribution in [0.2, 0.25) is 0 Å². The number of carbonyl (C=O) groups excluding carboxylic acids is 2. The molecule has 5 aliphatic rings. The number of amides is 2. The number of rotatable bonds is 4. The molecule has 5 heterocycles. The van der Waals surface area contributed by atoms with Crippen LogP contribution in [0.25, 0.3) is 0 Å². The monoisotopic (exact) mass is 540 g/mol. The Morgan fingerprint density at radius 3 is 1.45 bits per heavy atom. The molecule has 0 unspecified atom stereocenters. The van der Waals surface area contributed by atoms with Crippen LogP contribution in [0.1, 0.15) is 51.7 Å². The molecule has 2 aromatic rings. The van der Waals surface area contributed by atoms with Crippen molar-refractivity contribution in [1.29, 1.82) is 0 Å². The second-order valence-electron chi connectivity index (χ2n) is 13.2. The fraction of sp³-hybridized carbons (Fsp3) is 0.438. The fourth-order valence-corrected chi connectivity index (χ4v) is 8.79. The molecule has 3 fully saturated rings. The molecular weight excluding hydrogens is 504 g/mol. The first-order valence-electron chi connectivity index (χ1n) is 13.9. The van der Waals surface area contributed by atoms with E-state index >= 15 is 0 Å². The van der Waals surface area contributed by atoms with Crippen molar-refractivity contribution in [2.24, 2.45) is 10.8 Å². The molecule has 6 atom stereocenters. The molecule has 0 saturated carbocycles. The summed E-state index contributed by atoms with van der Waals surface area (Å²) in [5, 5.41) is 32.3. The first-order chi connectivity index (χ1) is 18.8. The lowest BCUT2D eigenvalue weighted by Crippen LogP contribution is -2.77. The van der Waals surface area contributed by atoms with Crippen LogP contribution >= 0.6 is 0 Å². The van der Waals surface area contributed by atoms with Crippen molar-refractivity contribution in [3.05, 3.63) is 85.0 Å². The Morgan fingerprint density at radius 1 is 0.750 bits per heavy atom. The Balaban J connectivity index is 1.46. The van der Waals surface area contributed by atoms with E-state index in [4.69, 9.17) is 0 Å². The predicted molar refractivity (Wildman–Crippen MR) is 152 cm³/mol. The summed E-state index contributed by atoms with van der Waals surface area (Å²) in [4.78, 5) is 32.9. The molecule has 0 bridgehead atoms. The molecule has 208 valence electrons. The Kier molecular flexibility index (Phi) is 4.54. The number of nitrogens with one attached hydrogen (secondary N) is 2. The van der Waals surface area contributed by atoms with Gasteiger partial charge in [-0.1, -0.05) is 76.2 Å². The average Bonchev–Trinajstić information content (AvgIpc) is 3.55. The maximum Gasteiger partial charge on any atom is 0.248 e. The van der Waals surface area contributed by atoms with Crippen molar-refractivity contribution in [2.45, 2.75) is 75.1 Å². The quantitative estimate of drug-likeness (QED) is 0.442. The SMILES string of the molecule is C=CC(C)(C)[C@@]12Nc3ccccc3[C@]1(O)C[C@H]1C(=O)N3[C@@H](C[C@@]4(O)c5ccccc5N[C@@]34C(C)(C)C=C)C(=O)N12. The fourth-order valence-electron chi connectivity index (χ4n) is 8.79. The van der Waals surface area contributed by atoms with Crippen LogP contribution in [0.15, 0.2) is 73.8 Å². The van der Waals surface area contributed by atoms with E-state index in [1.807, 2.05) is 76.2 Å². The van der Waals surface area contributed by atoms with E-state index < -0.39 is 45.4 Å². The van der Waals surface area contributed by atoms with Gasteiger partial charge in [0.2, 0.25) is 11.8 Å². The molecule has 0 aliphatic carbocycles. The van der Waals surface area contributed by atoms with Crippen LogP contribution in [0.4, 0.5) is 11.4 Å². The van der Waals surface area contributed by atoms with Gasteiger partial charge in [-0.3, -0.25) is 9.59 Å². The standard InChI is InChI=1S/C32H36N4O4/c1-7-27(3,4)31-29(39,19-13-9-11-15-21(19)33-31)17-23-26(38)36-24(25(37)35(23)31)18-30(40)20-14-10-12-16-22(20)34-32(30,36)28(5,6)8-2/h7-16,23-24,33-34,39-40H,1-2,17-18H2,3-6H3/t23-,24-,29+,30+,31-,32-/m0/s1. The summed E-state index contributed by atoms with van der Waals surface area (Å²) in [7, 11) is 0. The highest BCUT2D eigenvalue weighted by Crippen LogP contribution is 2.68. The Bertz CT molecular complexity index is 1420. The molecule has 0 radical (unpaired) electrons. The predicted octanol–water partition coefficient (Wildman–Crippen LogP) is 3.65. The van der Waals surface area contributed by atoms with E-state index in [0.29, 0.717) is 11.1 Å². The van der Waals surface area contributed by atoms with E-state index in [-0.39, 0.29) is 24.7 Å². The zero-order chi connectivity index (χ0) is 28.7. The number of aliphatic hydroxyl groups is 2. The molecule has 5 aliphatic heterocycles. The summed E-state index contributed by atoms with van der Waals surface area (Å²) in [6.45, 7) is 15.8. The summed E-state index contributed by atoms with van der Waals surface area (Å²) >= 11 is 0. The van der Waals surface area contributed by atoms with Crippen molar-refractivity contribution in [2.75, 3.05) is 10.6 Å². The number of nitrogens with zero attached hydrogens (tertiary/aromatic N) is 2. The lowest BCUT2D eigenvalue weighted by Gasteiger charge is -2.57. The highest BCUT2D eigenvalue weighted by molar-refractivity contribution is 6.02. The number of benzene rings is 2. The van der Waals surface area contributed by atoms with Crippen molar-refractivity contribution in [3.63, 3.8) is 0 Å². The summed E-state index contributed by atoms with van der Waals surface area (Å²) in [6, 6.07) is 13.0. The van der Waals surface area contributed by atoms with E-state index in [0.717, 1.165) is 11.4 Å². The molecule has 2 amide bonds. The van der Waals surface area contributed by atoms with Gasteiger partial charge in [-0.15, -0.1) is 13.2 Å². The molecule has 4 N–H and O–H groups in total. The van der Waals surface area contributed by atoms with Crippen molar-refractivity contribution >= 4 is 23.2 Å². The highest BCUT2D eigenvalue weighted by Gasteiger charge is 2.81. The molecule has 7 rings (SSSR count). The van der Waals surface area contributed by atoms with Crippen LogP contribution in [0.5, 0.6) is 0 Å². The van der Waals surface area contributed by atoms with Gasteiger partial charge in [0.1, 0.15) is 23.3 Å². The van der Waals surface area contributed by atoms with Crippen LogP contribution in [0.3, 0.4) is 0 Å². The van der Waals surface area contributed by atoms with Crippen molar-refractivity contribution < 1.29 is 19.8 Å². The van der Waals surface area contributed by atoms with E-state index in [2.05, 4.69) is 23.8 Å². The zero-order valence-corrected chi connectivity index (χ0v) is 23.4. The topological polar surface area (TPSA) is 105 Å². The van der Waals surface area contributed by atoms with Gasteiger partial charge in [0.15, 0.2) is 11.3 Å². The normalized spacial score (nSPS) is 37.0. The molecular formula is C32H36N4O4. The Labute approximate surface area is 234 Å². The third-order valence-electron chi connectivity index (χ3n) is 10.8. The number of anilines is 2. The molecule has 8 heteroatoms. The second kappa shape index (κ2) is 7.17. The van der Waals surface area contributed by atoms with Crippen LogP contribution in [-0.2, 0) is 20.8 Å². The largest absolute Gasteiger partial charge is 0.380 e. The van der Waals surface area contributed by atoms with Gasteiger partial charge >= 0.3 is 0 Å². The molecule has 2 aromatic carbocycles. The lowest BCUT2D eigenvalue weighted by atomic mass is 9.68. The summed E-state index contributed by atoms with van der Waals surface area (Å²) in [6.07, 6.45) is 3.50. The van der Waals surface area contributed by atoms with Gasteiger partial charge in [0, 0.05) is 46.2 Å². The second-order valence-corrected chi connectivity index (χ2v) is 13.2. The average molecular weight is 541 g/mol. The number of carbonyl (C=O) groups is 2. The summed E-state index contributed by atoms with van der Waals surface area (Å²) in [5.74, 6) is -0.616. The van der Waals surface area contributed by atoms with Gasteiger partial charge in [0.05, 0.1) is 0 Å². The maximum atomic E-state index is 14.9. The van der Waals surface area contributed by atoms with Gasteiger partial charge < -0.3 is 30.6 Å². The molecule has 0 spiro atoms. The minimum Gasteiger partial charge on any atom is -0.380 e. The summed E-state index contributed by atoms with van der Waals surface area (Å²) < 4.78 is 0. The third-order valence-corrected chi connectivity index (χ3v) is 10.8. The van der Waals surface area contributed by atoms with Gasteiger partial charge in [0.25, 0.3) is 0 Å². The van der Waals surface area contributed by atoms with Crippen molar-refractivity contribution in [3.8, 4) is 0 Å². The van der Waals surface area contributed by atoms with E-state index in [1.54, 1.807) is 22.0 Å². The smallest absolute Gasteiger partial charge is 0.248 e. The maximum absolute atomic E-state index is 14.9. The third kappa shape index (κ3) is 2.32. The minimum absolute atomic E-state index is 0.0120. The van der Waals surface area contributed by atoms with Gasteiger partial charge in [-0.05, 0) is 12.1 Å². The number of para-hydroxylation sites is 2. The van der Waals surface area contributed by atoms with E-state index in [1.165, 1.54) is 0 Å². The molecule has 40 heavy (non-hydrogen) atoms. The number of fused-ring (bicyclic) bond motifs is 10. The Morgan fingerprint density at radius 2 is 1.10 bits per heavy atom. The molecule has 3 saturated heterocycles. The van der Waals surface area contributed by atoms with Crippen molar-refractivity contribution in [1.82, 2.24) is 9.80 Å². The van der Waals surface area contributed by atoms with Crippen LogP contribution < -0.4 is 10.6 Å². The number of hydrogen-bond donors (Lipinski definition) is 4. The van der Waals surface area contributed by atoms with Gasteiger partial charge in [-0.2, -0.15) is 0 Å². The first kappa shape index (κ1) is 25.4. The highest BCUT2D eigenvalue weighted by atomic mass is 16.3. The lowest BCUT2D eigenvalue weighted by molar-refractivity contribution is -0.178. The van der Waals surface area contributed by atoms with Crippen LogP contribution in [-0.4, -0.2) is 55.2 Å². The Hall–Kier alpha value is -3.62. The molecule has 8 nitrogen and oxygen atoms in total.